The van der Waals surface area contributed by atoms with Crippen molar-refractivity contribution in [1.82, 2.24) is 5.32 Å². The average Bonchev–Trinajstić information content (AvgIpc) is 2.39. The number of ether oxygens (including phenoxy) is 1. The first kappa shape index (κ1) is 12.1. The summed E-state index contributed by atoms with van der Waals surface area (Å²) in [6.45, 7) is 2.94. The number of carbonyl (C=O) groups is 1. The molecule has 2 rings (SSSR count). The van der Waals surface area contributed by atoms with Gasteiger partial charge in [0, 0.05) is 6.54 Å². The standard InChI is InChI=1S/C14H19NO2/c1-10-3-5-11(6-4-10)12-7-8-13(15-9-12)14(16)17-2/h3-6,12-13,15H,7-9H2,1-2H3/t12-,13-/m0/s1. The Labute approximate surface area is 102 Å². The molecule has 1 saturated heterocycles. The van der Waals surface area contributed by atoms with Crippen LogP contribution in [0.4, 0.5) is 0 Å². The van der Waals surface area contributed by atoms with Crippen molar-refractivity contribution >= 4 is 5.97 Å². The molecule has 0 aliphatic carbocycles. The van der Waals surface area contributed by atoms with Crippen molar-refractivity contribution in [2.75, 3.05) is 13.7 Å². The number of hydrogen-bond acceptors (Lipinski definition) is 3. The number of benzene rings is 1. The van der Waals surface area contributed by atoms with Crippen molar-refractivity contribution in [2.45, 2.75) is 31.7 Å². The quantitative estimate of drug-likeness (QED) is 0.794. The molecule has 0 unspecified atom stereocenters. The topological polar surface area (TPSA) is 38.3 Å². The second-order valence-corrected chi connectivity index (χ2v) is 4.67. The number of rotatable bonds is 2. The summed E-state index contributed by atoms with van der Waals surface area (Å²) in [5.41, 5.74) is 2.64. The van der Waals surface area contributed by atoms with E-state index in [1.807, 2.05) is 0 Å². The van der Waals surface area contributed by atoms with Crippen molar-refractivity contribution < 1.29 is 9.53 Å². The van der Waals surface area contributed by atoms with Crippen LogP contribution in [0.25, 0.3) is 0 Å². The van der Waals surface area contributed by atoms with Crippen LogP contribution in [0.1, 0.15) is 29.9 Å². The molecule has 3 heteroatoms. The van der Waals surface area contributed by atoms with Crippen LogP contribution in [0.15, 0.2) is 24.3 Å². The van der Waals surface area contributed by atoms with Gasteiger partial charge in [-0.1, -0.05) is 29.8 Å². The largest absolute Gasteiger partial charge is 0.468 e. The van der Waals surface area contributed by atoms with Crippen LogP contribution in [-0.2, 0) is 9.53 Å². The predicted octanol–water partition coefficient (Wildman–Crippen LogP) is 2.00. The van der Waals surface area contributed by atoms with Crippen LogP contribution in [0.5, 0.6) is 0 Å². The van der Waals surface area contributed by atoms with Crippen LogP contribution >= 0.6 is 0 Å². The zero-order chi connectivity index (χ0) is 12.3. The molecule has 0 spiro atoms. The van der Waals surface area contributed by atoms with Gasteiger partial charge in [0.15, 0.2) is 0 Å². The van der Waals surface area contributed by atoms with E-state index in [4.69, 9.17) is 4.74 Å². The zero-order valence-corrected chi connectivity index (χ0v) is 10.4. The summed E-state index contributed by atoms with van der Waals surface area (Å²) in [6.07, 6.45) is 1.89. The minimum Gasteiger partial charge on any atom is -0.468 e. The van der Waals surface area contributed by atoms with Gasteiger partial charge in [-0.05, 0) is 31.2 Å². The lowest BCUT2D eigenvalue weighted by atomic mass is 9.88. The van der Waals surface area contributed by atoms with Crippen LogP contribution in [0.3, 0.4) is 0 Å². The molecule has 1 aliphatic heterocycles. The van der Waals surface area contributed by atoms with Crippen LogP contribution in [0.2, 0.25) is 0 Å². The average molecular weight is 233 g/mol. The molecule has 17 heavy (non-hydrogen) atoms. The van der Waals surface area contributed by atoms with E-state index >= 15 is 0 Å². The van der Waals surface area contributed by atoms with E-state index in [2.05, 4.69) is 36.5 Å². The van der Waals surface area contributed by atoms with Gasteiger partial charge in [-0.25, -0.2) is 0 Å². The first-order valence-electron chi connectivity index (χ1n) is 6.08. The third-order valence-corrected chi connectivity index (χ3v) is 3.45. The highest BCUT2D eigenvalue weighted by Crippen LogP contribution is 2.25. The summed E-state index contributed by atoms with van der Waals surface area (Å²) in [5.74, 6) is 0.365. The van der Waals surface area contributed by atoms with Crippen molar-refractivity contribution in [3.63, 3.8) is 0 Å². The van der Waals surface area contributed by atoms with Gasteiger partial charge in [-0.2, -0.15) is 0 Å². The Morgan fingerprint density at radius 1 is 1.29 bits per heavy atom. The zero-order valence-electron chi connectivity index (χ0n) is 10.4. The van der Waals surface area contributed by atoms with Crippen molar-refractivity contribution in [3.05, 3.63) is 35.4 Å². The summed E-state index contributed by atoms with van der Waals surface area (Å²) in [5, 5.41) is 3.26. The molecule has 1 aromatic carbocycles. The van der Waals surface area contributed by atoms with Gasteiger partial charge in [-0.3, -0.25) is 4.79 Å². The lowest BCUT2D eigenvalue weighted by Gasteiger charge is -2.28. The Hall–Kier alpha value is -1.35. The van der Waals surface area contributed by atoms with Crippen LogP contribution in [-0.4, -0.2) is 25.7 Å². The number of aryl methyl sites for hydroxylation is 1. The summed E-state index contributed by atoms with van der Waals surface area (Å²) < 4.78 is 4.74. The van der Waals surface area contributed by atoms with Crippen molar-refractivity contribution in [2.24, 2.45) is 0 Å². The maximum atomic E-state index is 11.4. The van der Waals surface area contributed by atoms with E-state index in [0.717, 1.165) is 19.4 Å². The van der Waals surface area contributed by atoms with E-state index in [9.17, 15) is 4.79 Å². The first-order valence-corrected chi connectivity index (χ1v) is 6.08. The Morgan fingerprint density at radius 2 is 2.00 bits per heavy atom. The minimum atomic E-state index is -0.146. The number of nitrogens with one attached hydrogen (secondary N) is 1. The number of hydrogen-bond donors (Lipinski definition) is 1. The van der Waals surface area contributed by atoms with Gasteiger partial charge < -0.3 is 10.1 Å². The third kappa shape index (κ3) is 2.86. The summed E-state index contributed by atoms with van der Waals surface area (Å²) in [7, 11) is 1.44. The Morgan fingerprint density at radius 3 is 2.53 bits per heavy atom. The van der Waals surface area contributed by atoms with Gasteiger partial charge in [-0.15, -0.1) is 0 Å². The minimum absolute atomic E-state index is 0.123. The van der Waals surface area contributed by atoms with E-state index in [0.29, 0.717) is 5.92 Å². The molecule has 1 heterocycles. The van der Waals surface area contributed by atoms with E-state index < -0.39 is 0 Å². The number of methoxy groups -OCH3 is 1. The fourth-order valence-electron chi connectivity index (χ4n) is 2.32. The SMILES string of the molecule is COC(=O)[C@@H]1CC[C@H](c2ccc(C)cc2)CN1. The van der Waals surface area contributed by atoms with E-state index in [1.165, 1.54) is 18.2 Å². The van der Waals surface area contributed by atoms with E-state index in [-0.39, 0.29) is 12.0 Å². The predicted molar refractivity (Wildman–Crippen MR) is 67.0 cm³/mol. The Kier molecular flexibility index (Phi) is 3.79. The molecular weight excluding hydrogens is 214 g/mol. The highest BCUT2D eigenvalue weighted by atomic mass is 16.5. The fourth-order valence-corrected chi connectivity index (χ4v) is 2.32. The summed E-state index contributed by atoms with van der Waals surface area (Å²) >= 11 is 0. The Bertz CT molecular complexity index is 378. The fraction of sp³-hybridized carbons (Fsp3) is 0.500. The molecule has 0 aromatic heterocycles. The van der Waals surface area contributed by atoms with Crippen molar-refractivity contribution in [1.29, 1.82) is 0 Å². The maximum Gasteiger partial charge on any atom is 0.322 e. The number of esters is 1. The molecule has 0 radical (unpaired) electrons. The Balaban J connectivity index is 1.95. The van der Waals surface area contributed by atoms with Gasteiger partial charge in [0.25, 0.3) is 0 Å². The van der Waals surface area contributed by atoms with Gasteiger partial charge in [0.05, 0.1) is 7.11 Å². The highest BCUT2D eigenvalue weighted by molar-refractivity contribution is 5.75. The second-order valence-electron chi connectivity index (χ2n) is 4.67. The summed E-state index contributed by atoms with van der Waals surface area (Å²) in [4.78, 5) is 11.4. The molecular formula is C14H19NO2. The van der Waals surface area contributed by atoms with Crippen LogP contribution in [0, 0.1) is 6.92 Å². The van der Waals surface area contributed by atoms with Crippen molar-refractivity contribution in [3.8, 4) is 0 Å². The smallest absolute Gasteiger partial charge is 0.322 e. The highest BCUT2D eigenvalue weighted by Gasteiger charge is 2.26. The second kappa shape index (κ2) is 5.32. The lowest BCUT2D eigenvalue weighted by Crippen LogP contribution is -2.43. The summed E-state index contributed by atoms with van der Waals surface area (Å²) in [6, 6.07) is 8.52. The molecule has 1 aromatic rings. The van der Waals surface area contributed by atoms with Gasteiger partial charge >= 0.3 is 5.97 Å². The van der Waals surface area contributed by atoms with Crippen LogP contribution < -0.4 is 5.32 Å². The molecule has 1 fully saturated rings. The molecule has 2 atom stereocenters. The molecule has 0 bridgehead atoms. The first-order chi connectivity index (χ1) is 8.20. The molecule has 1 aliphatic rings. The molecule has 0 amide bonds. The normalized spacial score (nSPS) is 24.4. The molecule has 0 saturated carbocycles. The molecule has 92 valence electrons. The van der Waals surface area contributed by atoms with E-state index in [1.54, 1.807) is 0 Å². The van der Waals surface area contributed by atoms with Gasteiger partial charge in [0.1, 0.15) is 6.04 Å². The van der Waals surface area contributed by atoms with Gasteiger partial charge in [0.2, 0.25) is 0 Å². The third-order valence-electron chi connectivity index (χ3n) is 3.45. The molecule has 3 nitrogen and oxygen atoms in total. The number of carbonyl (C=O) groups excluding carboxylic acids is 1. The number of piperidine rings is 1. The monoisotopic (exact) mass is 233 g/mol. The lowest BCUT2D eigenvalue weighted by molar-refractivity contribution is -0.143. The maximum absolute atomic E-state index is 11.4. The molecule has 1 N–H and O–H groups in total.